The first kappa shape index (κ1) is 107. The fourth-order valence-electron chi connectivity index (χ4n) is 17.5. The van der Waals surface area contributed by atoms with Gasteiger partial charge in [0.05, 0.1) is 13.2 Å². The molecule has 4 heterocycles. The molecule has 2 fully saturated rings. The number of hydrogen-bond acceptors (Lipinski definition) is 12. The molecule has 18 aromatic carbocycles. The summed E-state index contributed by atoms with van der Waals surface area (Å²) in [5, 5.41) is 74.2. The van der Waals surface area contributed by atoms with E-state index >= 15 is 0 Å². The zero-order chi connectivity index (χ0) is 101. The van der Waals surface area contributed by atoms with Gasteiger partial charge in [0.1, 0.15) is 5.69 Å². The van der Waals surface area contributed by atoms with Crippen LogP contribution in [0.1, 0.15) is 45.7 Å². The number of anilines is 2. The Morgan fingerprint density at radius 2 is 0.497 bits per heavy atom. The second-order valence-electron chi connectivity index (χ2n) is 34.6. The minimum Gasteiger partial charge on any atom is -0.423 e. The Kier molecular flexibility index (Phi) is 40.7. The third-order valence-electron chi connectivity index (χ3n) is 24.7. The fraction of sp³-hybridized carbons (Fsp3) is 0.0952. The van der Waals surface area contributed by atoms with Gasteiger partial charge in [-0.25, -0.2) is 0 Å². The topological polar surface area (TPSA) is 180 Å². The molecule has 734 valence electrons. The first-order valence-electron chi connectivity index (χ1n) is 48.8. The van der Waals surface area contributed by atoms with Crippen molar-refractivity contribution < 1.29 is 50.3 Å². The first-order valence-corrected chi connectivity index (χ1v) is 54.5. The van der Waals surface area contributed by atoms with Gasteiger partial charge in [-0.1, -0.05) is 509 Å². The summed E-state index contributed by atoms with van der Waals surface area (Å²) in [5.41, 5.74) is 5.30. The minimum absolute atomic E-state index is 0. The maximum atomic E-state index is 12.9. The van der Waals surface area contributed by atoms with Gasteiger partial charge in [0, 0.05) is 110 Å². The van der Waals surface area contributed by atoms with Crippen LogP contribution >= 0.6 is 43.3 Å². The number of rotatable bonds is 20. The normalized spacial score (nSPS) is 12.9. The molecule has 22 rings (SSSR count). The van der Waals surface area contributed by atoms with Crippen molar-refractivity contribution in [3.63, 3.8) is 0 Å². The van der Waals surface area contributed by atoms with E-state index in [1.165, 1.54) is 63.7 Å². The van der Waals surface area contributed by atoms with Crippen molar-refractivity contribution in [3.05, 3.63) is 549 Å². The minimum atomic E-state index is -1.43. The number of carbonyl (C=O) groups excluding carboxylic acids is 2. The van der Waals surface area contributed by atoms with Gasteiger partial charge in [-0.05, 0) is 150 Å². The summed E-state index contributed by atoms with van der Waals surface area (Å²) in [6.07, 6.45) is 0. The summed E-state index contributed by atoms with van der Waals surface area (Å²) in [5.74, 6) is 1.81. The summed E-state index contributed by atoms with van der Waals surface area (Å²) < 4.78 is 0. The van der Waals surface area contributed by atoms with Crippen molar-refractivity contribution in [1.82, 2.24) is 30.2 Å². The molecule has 4 N–H and O–H groups in total. The summed E-state index contributed by atoms with van der Waals surface area (Å²) in [4.78, 5) is 33.9. The van der Waals surface area contributed by atoms with E-state index in [4.69, 9.17) is 26.8 Å². The van der Waals surface area contributed by atoms with Crippen molar-refractivity contribution in [1.29, 1.82) is 0 Å². The van der Waals surface area contributed by atoms with Crippen LogP contribution < -0.4 is 78.9 Å². The Labute approximate surface area is 886 Å². The first-order chi connectivity index (χ1) is 71.8. The molecule has 0 unspecified atom stereocenters. The van der Waals surface area contributed by atoms with Crippen molar-refractivity contribution in [2.45, 2.75) is 39.1 Å². The summed E-state index contributed by atoms with van der Waals surface area (Å²) >= 11 is 6.19. The molecular weight excluding hydrogens is 2000 g/mol. The number of halogens is 1. The van der Waals surface area contributed by atoms with E-state index in [1.807, 2.05) is 131 Å². The number of aromatic nitrogens is 4. The van der Waals surface area contributed by atoms with Crippen molar-refractivity contribution >= 4 is 165 Å². The molecule has 147 heavy (non-hydrogen) atoms. The SMILES string of the molecule is C[C@@H]1CN(C(=O)c2ccccc2)CCN1c1nnc(-c2ccc(CO)cc2)c2ccccc12.C[C@@H]1CN(C(=O)c2ccccc2)CCN1c1nnc(Cl)c2ccccc12.OCc1ccc(B(O)O)cc1.[Pd].c1ccc(P(c2ccccc2)c2ccccc2)cc1.c1ccc(P(c2ccccc2)c2ccccc2)cc1.c1ccc(P(c2ccccc2)c2ccccc2)cc1.c1ccc(P(c2ccccc2)c2ccccc2)cc1. The molecule has 0 saturated carbocycles. The van der Waals surface area contributed by atoms with E-state index in [2.05, 4.69) is 420 Å². The third-order valence-corrected chi connectivity index (χ3v) is 34.8. The van der Waals surface area contributed by atoms with E-state index in [1.54, 1.807) is 24.3 Å². The zero-order valence-electron chi connectivity index (χ0n) is 81.7. The molecule has 14 nitrogen and oxygen atoms in total. The van der Waals surface area contributed by atoms with E-state index in [9.17, 15) is 14.7 Å². The predicted octanol–water partition coefficient (Wildman–Crippen LogP) is 20.4. The monoisotopic (exact) mass is 2110 g/mol. The van der Waals surface area contributed by atoms with Gasteiger partial charge in [0.25, 0.3) is 11.8 Å². The Morgan fingerprint density at radius 1 is 0.279 bits per heavy atom. The summed E-state index contributed by atoms with van der Waals surface area (Å²) in [6.45, 7) is 8.20. The van der Waals surface area contributed by atoms with Crippen LogP contribution in [0.25, 0.3) is 32.8 Å². The van der Waals surface area contributed by atoms with E-state index in [0.29, 0.717) is 49.9 Å². The summed E-state index contributed by atoms with van der Waals surface area (Å²) in [6, 6.07) is 179. The van der Waals surface area contributed by atoms with Crippen molar-refractivity contribution in [3.8, 4) is 11.3 Å². The van der Waals surface area contributed by atoms with Crippen LogP contribution in [0.5, 0.6) is 0 Å². The fourth-order valence-corrected chi connectivity index (χ4v) is 26.9. The van der Waals surface area contributed by atoms with E-state index in [0.717, 1.165) is 66.7 Å². The molecule has 20 aromatic rings. The average Bonchev–Trinajstić information content (AvgIpc) is 0.762. The maximum absolute atomic E-state index is 12.9. The van der Waals surface area contributed by atoms with Crippen LogP contribution in [0.2, 0.25) is 5.15 Å². The standard InChI is InChI=1S/C27H26N4O2.C20H19ClN4O.4C18H15P.C7H9BO3.Pd/c1-19-17-30(27(33)22-7-3-2-4-8-22)15-16-31(19)26-24-10-6-5-9-23(24)25(28-29-26)21-13-11-20(18-32)12-14-21;1-14-13-24(20(26)15-7-3-2-4-8-15)11-12-25(14)19-17-10-6-5-9-16(17)18(21)22-23-19;4*1-4-10-16(11-5-1)19(17-12-6-2-7-13-17)18-14-8-3-9-15-18;9-5-6-1-3-7(4-2-6)8(10)11;/h2-14,19,32H,15-18H2,1H3;2-10,14H,11-13H2,1H3;4*1-15H;1-4,9-11H,5H2;/t19-;14-;;;;;;/m11....../s1. The number of carbonyl (C=O) groups is 2. The maximum Gasteiger partial charge on any atom is 0.488 e. The number of aliphatic hydroxyl groups is 2. The number of fused-ring (bicyclic) bond motifs is 2. The number of hydrogen-bond donors (Lipinski definition) is 4. The van der Waals surface area contributed by atoms with Gasteiger partial charge < -0.3 is 39.9 Å². The predicted molar refractivity (Wildman–Crippen MR) is 617 cm³/mol. The summed E-state index contributed by atoms with van der Waals surface area (Å²) in [7, 11) is -3.21. The van der Waals surface area contributed by atoms with Crippen LogP contribution in [-0.4, -0.2) is 121 Å². The molecule has 0 radical (unpaired) electrons. The Balaban J connectivity index is 0.000000131. The Hall–Kier alpha value is -14.2. The molecule has 2 amide bonds. The quantitative estimate of drug-likeness (QED) is 0.0420. The van der Waals surface area contributed by atoms with E-state index < -0.39 is 38.8 Å². The van der Waals surface area contributed by atoms with Crippen molar-refractivity contribution in [2.75, 3.05) is 49.1 Å². The molecule has 0 spiro atoms. The van der Waals surface area contributed by atoms with Crippen LogP contribution in [0, 0.1) is 0 Å². The van der Waals surface area contributed by atoms with Gasteiger partial charge in [0.15, 0.2) is 16.8 Å². The number of benzene rings is 18. The average molecular weight is 2110 g/mol. The van der Waals surface area contributed by atoms with Gasteiger partial charge >= 0.3 is 7.12 Å². The molecule has 2 aliphatic rings. The molecule has 2 aromatic heterocycles. The molecular formula is C126H114BClN8O6P4Pd. The van der Waals surface area contributed by atoms with Crippen LogP contribution in [0.15, 0.2) is 522 Å². The zero-order valence-corrected chi connectivity index (χ0v) is 87.6. The largest absolute Gasteiger partial charge is 0.488 e. The smallest absolute Gasteiger partial charge is 0.423 e. The number of piperazine rings is 2. The number of amides is 2. The molecule has 21 heteroatoms. The molecule has 0 bridgehead atoms. The van der Waals surface area contributed by atoms with Crippen LogP contribution in [0.4, 0.5) is 11.6 Å². The van der Waals surface area contributed by atoms with E-state index in [-0.39, 0.29) is 57.5 Å². The third kappa shape index (κ3) is 29.2. The molecule has 2 atom stereocenters. The Morgan fingerprint density at radius 3 is 0.741 bits per heavy atom. The van der Waals surface area contributed by atoms with Crippen LogP contribution in [0.3, 0.4) is 0 Å². The second kappa shape index (κ2) is 55.9. The number of nitrogens with zero attached hydrogens (tertiary/aromatic N) is 8. The molecule has 2 aliphatic heterocycles. The van der Waals surface area contributed by atoms with Gasteiger partial charge in [-0.2, -0.15) is 0 Å². The second-order valence-corrected chi connectivity index (χ2v) is 43.8. The Bertz CT molecular complexity index is 6510. The van der Waals surface area contributed by atoms with Gasteiger partial charge in [-0.3, -0.25) is 9.59 Å². The van der Waals surface area contributed by atoms with Gasteiger partial charge in [0.2, 0.25) is 0 Å². The van der Waals surface area contributed by atoms with Crippen molar-refractivity contribution in [2.24, 2.45) is 0 Å². The van der Waals surface area contributed by atoms with Crippen LogP contribution in [-0.2, 0) is 33.6 Å². The molecule has 2 saturated heterocycles. The number of aliphatic hydroxyl groups excluding tert-OH is 2. The van der Waals surface area contributed by atoms with Gasteiger partial charge in [-0.15, -0.1) is 20.4 Å². The molecule has 0 aliphatic carbocycles.